The van der Waals surface area contributed by atoms with Crippen LogP contribution in [0, 0.1) is 0 Å². The molecule has 1 rings (SSSR count). The summed E-state index contributed by atoms with van der Waals surface area (Å²) >= 11 is 1.41. The number of thiazole rings is 1. The molecule has 0 aromatic carbocycles. The summed E-state index contributed by atoms with van der Waals surface area (Å²) < 4.78 is 6.22. The minimum atomic E-state index is -1.77. The maximum absolute atomic E-state index is 10.6. The van der Waals surface area contributed by atoms with Gasteiger partial charge in [0.1, 0.15) is 5.01 Å². The van der Waals surface area contributed by atoms with Crippen LogP contribution in [0.15, 0.2) is 6.20 Å². The van der Waals surface area contributed by atoms with Crippen LogP contribution in [0.1, 0.15) is 48.5 Å². The summed E-state index contributed by atoms with van der Waals surface area (Å²) in [7, 11) is -1.77. The lowest BCUT2D eigenvalue weighted by atomic mass is 10.2. The zero-order valence-electron chi connectivity index (χ0n) is 11.4. The highest BCUT2D eigenvalue weighted by molar-refractivity contribution is 7.13. The van der Waals surface area contributed by atoms with Crippen molar-refractivity contribution in [2.45, 2.75) is 51.9 Å². The van der Waals surface area contributed by atoms with Crippen LogP contribution in [0.4, 0.5) is 0 Å². The number of rotatable bonds is 4. The first-order chi connectivity index (χ1) is 7.67. The van der Waals surface area contributed by atoms with Crippen LogP contribution in [0.2, 0.25) is 18.1 Å². The molecular weight excluding hydrogens is 250 g/mol. The molecule has 5 heteroatoms. The Hall–Kier alpha value is -0.523. The molecule has 0 bridgehead atoms. The third kappa shape index (κ3) is 3.47. The molecule has 17 heavy (non-hydrogen) atoms. The second kappa shape index (κ2) is 5.00. The number of carbonyl (C=O) groups is 1. The molecule has 0 aliphatic carbocycles. The fourth-order valence-electron chi connectivity index (χ4n) is 1.21. The van der Waals surface area contributed by atoms with E-state index in [9.17, 15) is 4.79 Å². The van der Waals surface area contributed by atoms with Gasteiger partial charge in [0.2, 0.25) is 0 Å². The van der Waals surface area contributed by atoms with Gasteiger partial charge in [-0.05, 0) is 25.1 Å². The van der Waals surface area contributed by atoms with E-state index in [1.807, 2.05) is 6.92 Å². The van der Waals surface area contributed by atoms with Crippen LogP contribution in [-0.4, -0.2) is 19.6 Å². The molecule has 1 aromatic rings. The Morgan fingerprint density at radius 1 is 1.47 bits per heavy atom. The first kappa shape index (κ1) is 14.5. The van der Waals surface area contributed by atoms with Gasteiger partial charge in [0.15, 0.2) is 14.6 Å². The lowest BCUT2D eigenvalue weighted by Gasteiger charge is -2.38. The van der Waals surface area contributed by atoms with Gasteiger partial charge in [-0.1, -0.05) is 20.8 Å². The SMILES string of the molecule is CC(O[Si](C)(C)C(C)(C)C)c1ncc(C=O)s1. The standard InChI is InChI=1S/C12H21NO2SSi/c1-9(11-13-7-10(8-14)16-11)15-17(5,6)12(2,3)4/h7-9H,1-6H3. The topological polar surface area (TPSA) is 39.2 Å². The predicted octanol–water partition coefficient (Wildman–Crippen LogP) is 4.04. The van der Waals surface area contributed by atoms with E-state index in [0.717, 1.165) is 11.3 Å². The van der Waals surface area contributed by atoms with Crippen molar-refractivity contribution < 1.29 is 9.22 Å². The first-order valence-corrected chi connectivity index (χ1v) is 9.48. The number of hydrogen-bond acceptors (Lipinski definition) is 4. The summed E-state index contributed by atoms with van der Waals surface area (Å²) in [5.74, 6) is 0. The smallest absolute Gasteiger partial charge is 0.193 e. The Bertz CT molecular complexity index is 395. The van der Waals surface area contributed by atoms with Crippen molar-refractivity contribution in [3.05, 3.63) is 16.1 Å². The summed E-state index contributed by atoms with van der Waals surface area (Å²) in [5.41, 5.74) is 0. The van der Waals surface area contributed by atoms with Gasteiger partial charge in [0.05, 0.1) is 11.0 Å². The Morgan fingerprint density at radius 2 is 2.06 bits per heavy atom. The Labute approximate surface area is 108 Å². The number of aromatic nitrogens is 1. The van der Waals surface area contributed by atoms with Crippen LogP contribution < -0.4 is 0 Å². The Morgan fingerprint density at radius 3 is 2.47 bits per heavy atom. The van der Waals surface area contributed by atoms with E-state index in [4.69, 9.17) is 4.43 Å². The van der Waals surface area contributed by atoms with E-state index < -0.39 is 8.32 Å². The summed E-state index contributed by atoms with van der Waals surface area (Å²) in [4.78, 5) is 15.5. The molecule has 0 fully saturated rings. The van der Waals surface area contributed by atoms with Crippen molar-refractivity contribution in [3.63, 3.8) is 0 Å². The number of aldehydes is 1. The van der Waals surface area contributed by atoms with E-state index >= 15 is 0 Å². The molecule has 96 valence electrons. The second-order valence-corrected chi connectivity index (χ2v) is 11.6. The molecule has 0 N–H and O–H groups in total. The predicted molar refractivity (Wildman–Crippen MR) is 74.2 cm³/mol. The molecule has 0 saturated carbocycles. The lowest BCUT2D eigenvalue weighted by molar-refractivity contribution is 0.112. The first-order valence-electron chi connectivity index (χ1n) is 5.76. The largest absolute Gasteiger partial charge is 0.408 e. The highest BCUT2D eigenvalue weighted by Gasteiger charge is 2.39. The van der Waals surface area contributed by atoms with Crippen molar-refractivity contribution >= 4 is 25.9 Å². The van der Waals surface area contributed by atoms with E-state index in [2.05, 4.69) is 38.8 Å². The molecule has 3 nitrogen and oxygen atoms in total. The molecule has 1 aromatic heterocycles. The van der Waals surface area contributed by atoms with Crippen molar-refractivity contribution in [1.82, 2.24) is 4.98 Å². The van der Waals surface area contributed by atoms with Gasteiger partial charge in [-0.25, -0.2) is 4.98 Å². The molecule has 0 saturated heterocycles. The van der Waals surface area contributed by atoms with E-state index in [0.29, 0.717) is 4.88 Å². The van der Waals surface area contributed by atoms with Gasteiger partial charge in [0.25, 0.3) is 0 Å². The van der Waals surface area contributed by atoms with Crippen molar-refractivity contribution in [3.8, 4) is 0 Å². The molecule has 0 radical (unpaired) electrons. The number of carbonyl (C=O) groups excluding carboxylic acids is 1. The zero-order valence-corrected chi connectivity index (χ0v) is 13.2. The maximum atomic E-state index is 10.6. The highest BCUT2D eigenvalue weighted by atomic mass is 32.1. The van der Waals surface area contributed by atoms with Crippen molar-refractivity contribution in [2.75, 3.05) is 0 Å². The van der Waals surface area contributed by atoms with Crippen LogP contribution in [0.5, 0.6) is 0 Å². The molecule has 1 unspecified atom stereocenters. The van der Waals surface area contributed by atoms with Gasteiger partial charge in [-0.2, -0.15) is 0 Å². The summed E-state index contributed by atoms with van der Waals surface area (Å²) in [6, 6.07) is 0. The van der Waals surface area contributed by atoms with Crippen LogP contribution in [0.25, 0.3) is 0 Å². The minimum absolute atomic E-state index is 0.0328. The molecule has 1 heterocycles. The van der Waals surface area contributed by atoms with Gasteiger partial charge in [-0.15, -0.1) is 11.3 Å². The fourth-order valence-corrected chi connectivity index (χ4v) is 3.36. The molecule has 1 atom stereocenters. The average molecular weight is 271 g/mol. The van der Waals surface area contributed by atoms with Crippen molar-refractivity contribution in [2.24, 2.45) is 0 Å². The number of hydrogen-bond donors (Lipinski definition) is 0. The molecule has 0 aliphatic heterocycles. The average Bonchev–Trinajstić information content (AvgIpc) is 2.63. The van der Waals surface area contributed by atoms with Crippen LogP contribution in [-0.2, 0) is 4.43 Å². The molecule has 0 amide bonds. The van der Waals surface area contributed by atoms with E-state index in [1.165, 1.54) is 11.3 Å². The summed E-state index contributed by atoms with van der Waals surface area (Å²) in [5, 5.41) is 1.07. The quantitative estimate of drug-likeness (QED) is 0.613. The lowest BCUT2D eigenvalue weighted by Crippen LogP contribution is -2.41. The monoisotopic (exact) mass is 271 g/mol. The van der Waals surface area contributed by atoms with Gasteiger partial charge < -0.3 is 4.43 Å². The van der Waals surface area contributed by atoms with Crippen LogP contribution in [0.3, 0.4) is 0 Å². The fraction of sp³-hybridized carbons (Fsp3) is 0.667. The maximum Gasteiger partial charge on any atom is 0.193 e. The van der Waals surface area contributed by atoms with Gasteiger partial charge in [-0.3, -0.25) is 4.79 Å². The second-order valence-electron chi connectivity index (χ2n) is 5.74. The van der Waals surface area contributed by atoms with E-state index in [-0.39, 0.29) is 11.1 Å². The molecule has 0 aliphatic rings. The summed E-state index contributed by atoms with van der Waals surface area (Å²) in [6.45, 7) is 13.1. The van der Waals surface area contributed by atoms with Gasteiger partial charge >= 0.3 is 0 Å². The summed E-state index contributed by atoms with van der Waals surface area (Å²) in [6.07, 6.45) is 2.41. The molecular formula is C12H21NO2SSi. The normalized spacial score (nSPS) is 14.7. The van der Waals surface area contributed by atoms with Crippen LogP contribution >= 0.6 is 11.3 Å². The third-order valence-electron chi connectivity index (χ3n) is 3.28. The third-order valence-corrected chi connectivity index (χ3v) is 8.92. The van der Waals surface area contributed by atoms with Gasteiger partial charge in [0, 0.05) is 6.20 Å². The van der Waals surface area contributed by atoms with E-state index in [1.54, 1.807) is 6.20 Å². The Kier molecular flexibility index (Phi) is 4.27. The highest BCUT2D eigenvalue weighted by Crippen LogP contribution is 2.39. The molecule has 0 spiro atoms. The minimum Gasteiger partial charge on any atom is -0.408 e. The van der Waals surface area contributed by atoms with Crippen molar-refractivity contribution in [1.29, 1.82) is 0 Å². The zero-order chi connectivity index (χ0) is 13.3. The Balaban J connectivity index is 2.78. The number of nitrogens with zero attached hydrogens (tertiary/aromatic N) is 1.